The minimum Gasteiger partial charge on any atom is -0.399 e. The molecule has 0 bridgehead atoms. The Labute approximate surface area is 249 Å². The SMILES string of the molecule is CCN1CCC(N(N)/C=C(\N)C(Nc2cc(Cl)c3ncnc(Nc4ccc(F)c(Cl)c4)c3c2)c2ccccc2)CC1. The highest BCUT2D eigenvalue weighted by molar-refractivity contribution is 6.35. The van der Waals surface area contributed by atoms with Crippen LogP contribution in [0.4, 0.5) is 21.6 Å². The minimum atomic E-state index is -0.501. The number of nitrogens with zero attached hydrogens (tertiary/aromatic N) is 4. The van der Waals surface area contributed by atoms with Crippen molar-refractivity contribution in [2.45, 2.75) is 31.8 Å². The van der Waals surface area contributed by atoms with Crippen LogP contribution in [0.25, 0.3) is 10.9 Å². The van der Waals surface area contributed by atoms with Gasteiger partial charge in [0.1, 0.15) is 18.0 Å². The van der Waals surface area contributed by atoms with Gasteiger partial charge in [-0.25, -0.2) is 20.2 Å². The Kier molecular flexibility index (Phi) is 9.09. The highest BCUT2D eigenvalue weighted by Gasteiger charge is 2.23. The number of benzene rings is 3. The van der Waals surface area contributed by atoms with Gasteiger partial charge >= 0.3 is 0 Å². The third-order valence-electron chi connectivity index (χ3n) is 7.38. The van der Waals surface area contributed by atoms with E-state index in [0.29, 0.717) is 38.8 Å². The number of rotatable bonds is 9. The molecule has 1 fully saturated rings. The summed E-state index contributed by atoms with van der Waals surface area (Å²) in [6.45, 7) is 5.25. The second-order valence-corrected chi connectivity index (χ2v) is 10.9. The number of likely N-dealkylation sites (tertiary alicyclic amines) is 1. The van der Waals surface area contributed by atoms with Gasteiger partial charge in [-0.3, -0.25) is 0 Å². The molecule has 1 unspecified atom stereocenters. The Morgan fingerprint density at radius 2 is 1.80 bits per heavy atom. The summed E-state index contributed by atoms with van der Waals surface area (Å²) < 4.78 is 13.7. The molecule has 0 aliphatic carbocycles. The normalized spacial score (nSPS) is 15.6. The van der Waals surface area contributed by atoms with Crippen LogP contribution in [-0.2, 0) is 0 Å². The van der Waals surface area contributed by atoms with E-state index in [1.807, 2.05) is 42.6 Å². The number of hydrogen-bond acceptors (Lipinski definition) is 8. The summed E-state index contributed by atoms with van der Waals surface area (Å²) in [5, 5.41) is 9.59. The molecule has 41 heavy (non-hydrogen) atoms. The number of hydrogen-bond donors (Lipinski definition) is 4. The second-order valence-electron chi connectivity index (χ2n) is 10.1. The van der Waals surface area contributed by atoms with Crippen molar-refractivity contribution in [1.29, 1.82) is 0 Å². The second kappa shape index (κ2) is 12.9. The van der Waals surface area contributed by atoms with Crippen LogP contribution in [0.15, 0.2) is 78.9 Å². The molecule has 0 spiro atoms. The molecule has 1 atom stereocenters. The van der Waals surface area contributed by atoms with E-state index in [2.05, 4.69) is 32.4 Å². The number of fused-ring (bicyclic) bond motifs is 1. The van der Waals surface area contributed by atoms with Gasteiger partial charge in [0.05, 0.1) is 27.3 Å². The Morgan fingerprint density at radius 3 is 2.51 bits per heavy atom. The van der Waals surface area contributed by atoms with Crippen LogP contribution in [0.1, 0.15) is 31.4 Å². The lowest BCUT2D eigenvalue weighted by Crippen LogP contribution is -2.46. The van der Waals surface area contributed by atoms with Gasteiger partial charge in [0, 0.05) is 42.1 Å². The largest absolute Gasteiger partial charge is 0.399 e. The van der Waals surface area contributed by atoms with Gasteiger partial charge in [-0.15, -0.1) is 0 Å². The molecule has 214 valence electrons. The fourth-order valence-corrected chi connectivity index (χ4v) is 5.52. The third-order valence-corrected chi connectivity index (χ3v) is 7.95. The molecule has 6 N–H and O–H groups in total. The number of anilines is 3. The first kappa shape index (κ1) is 28.9. The van der Waals surface area contributed by atoms with Crippen molar-refractivity contribution in [3.05, 3.63) is 100 Å². The van der Waals surface area contributed by atoms with E-state index in [9.17, 15) is 4.39 Å². The van der Waals surface area contributed by atoms with E-state index in [0.717, 1.165) is 38.0 Å². The number of piperidine rings is 1. The summed E-state index contributed by atoms with van der Waals surface area (Å²) in [6.07, 6.45) is 5.21. The van der Waals surface area contributed by atoms with Gasteiger partial charge in [-0.1, -0.05) is 60.5 Å². The smallest absolute Gasteiger partial charge is 0.141 e. The molecular formula is C30H33Cl2FN8. The molecule has 1 aromatic heterocycles. The van der Waals surface area contributed by atoms with E-state index >= 15 is 0 Å². The van der Waals surface area contributed by atoms with Crippen LogP contribution in [0.2, 0.25) is 10.0 Å². The van der Waals surface area contributed by atoms with Crippen LogP contribution < -0.4 is 22.2 Å². The first-order valence-electron chi connectivity index (χ1n) is 13.5. The standard InChI is InChI=1S/C30H33Cl2FN8/c1-2-40-12-10-22(11-13-40)41(35)17-27(34)28(19-6-4-3-5-7-19)38-21-14-23-29(25(32)16-21)36-18-37-30(23)39-20-8-9-26(33)24(31)15-20/h3-9,14-18,22,28,38H,2,10-13,34-35H2,1H3,(H,36,37,39)/b27-17-. The van der Waals surface area contributed by atoms with Crippen molar-refractivity contribution in [2.75, 3.05) is 30.3 Å². The maximum atomic E-state index is 13.7. The molecule has 4 aromatic rings. The van der Waals surface area contributed by atoms with Gasteiger partial charge < -0.3 is 26.3 Å². The number of nitrogens with one attached hydrogen (secondary N) is 2. The third kappa shape index (κ3) is 6.82. The van der Waals surface area contributed by atoms with Crippen LogP contribution in [0.3, 0.4) is 0 Å². The molecule has 11 heteroatoms. The summed E-state index contributed by atoms with van der Waals surface area (Å²) >= 11 is 12.7. The average Bonchev–Trinajstić information content (AvgIpc) is 2.98. The van der Waals surface area contributed by atoms with Gasteiger partial charge in [0.15, 0.2) is 0 Å². The fourth-order valence-electron chi connectivity index (χ4n) is 5.08. The number of nitrogens with two attached hydrogens (primary N) is 2. The molecule has 8 nitrogen and oxygen atoms in total. The van der Waals surface area contributed by atoms with E-state index in [-0.39, 0.29) is 17.1 Å². The maximum Gasteiger partial charge on any atom is 0.141 e. The Hall–Kier alpha value is -3.63. The van der Waals surface area contributed by atoms with Crippen LogP contribution in [0, 0.1) is 5.82 Å². The fraction of sp³-hybridized carbons (Fsp3) is 0.267. The highest BCUT2D eigenvalue weighted by Crippen LogP contribution is 2.34. The summed E-state index contributed by atoms with van der Waals surface area (Å²) in [5.74, 6) is 6.50. The average molecular weight is 596 g/mol. The van der Waals surface area contributed by atoms with Gasteiger partial charge in [0.25, 0.3) is 0 Å². The predicted molar refractivity (Wildman–Crippen MR) is 165 cm³/mol. The maximum absolute atomic E-state index is 13.7. The molecule has 1 aliphatic rings. The summed E-state index contributed by atoms with van der Waals surface area (Å²) in [7, 11) is 0. The van der Waals surface area contributed by atoms with E-state index in [4.69, 9.17) is 34.8 Å². The van der Waals surface area contributed by atoms with Crippen LogP contribution >= 0.6 is 23.2 Å². The molecule has 1 saturated heterocycles. The number of aromatic nitrogens is 2. The lowest BCUT2D eigenvalue weighted by atomic mass is 10.0. The van der Waals surface area contributed by atoms with Gasteiger partial charge in [-0.05, 0) is 55.3 Å². The highest BCUT2D eigenvalue weighted by atomic mass is 35.5. The number of halogens is 3. The van der Waals surface area contributed by atoms with Crippen LogP contribution in [-0.4, -0.2) is 45.6 Å². The zero-order valence-electron chi connectivity index (χ0n) is 22.7. The van der Waals surface area contributed by atoms with Crippen molar-refractivity contribution in [1.82, 2.24) is 19.9 Å². The zero-order chi connectivity index (χ0) is 28.9. The summed E-state index contributed by atoms with van der Waals surface area (Å²) in [6, 6.07) is 17.8. The Morgan fingerprint density at radius 1 is 1.07 bits per heavy atom. The molecule has 5 rings (SSSR count). The van der Waals surface area contributed by atoms with Gasteiger partial charge in [0.2, 0.25) is 0 Å². The molecule has 0 amide bonds. The van der Waals surface area contributed by atoms with Crippen molar-refractivity contribution in [2.24, 2.45) is 11.6 Å². The van der Waals surface area contributed by atoms with Crippen molar-refractivity contribution >= 4 is 51.3 Å². The lowest BCUT2D eigenvalue weighted by Gasteiger charge is -2.36. The lowest BCUT2D eigenvalue weighted by molar-refractivity contribution is 0.146. The quantitative estimate of drug-likeness (QED) is 0.130. The van der Waals surface area contributed by atoms with Crippen LogP contribution in [0.5, 0.6) is 0 Å². The minimum absolute atomic E-state index is 0.00609. The summed E-state index contributed by atoms with van der Waals surface area (Å²) in [4.78, 5) is 11.2. The molecule has 1 aliphatic heterocycles. The molecule has 0 saturated carbocycles. The Bertz CT molecular complexity index is 1530. The van der Waals surface area contributed by atoms with E-state index < -0.39 is 5.82 Å². The van der Waals surface area contributed by atoms with Crippen molar-refractivity contribution < 1.29 is 4.39 Å². The van der Waals surface area contributed by atoms with Gasteiger partial charge in [-0.2, -0.15) is 0 Å². The van der Waals surface area contributed by atoms with Crippen molar-refractivity contribution in [3.63, 3.8) is 0 Å². The topological polar surface area (TPSA) is 108 Å². The Balaban J connectivity index is 1.45. The molecule has 3 aromatic carbocycles. The van der Waals surface area contributed by atoms with E-state index in [1.165, 1.54) is 18.5 Å². The number of hydrazine groups is 1. The first-order chi connectivity index (χ1) is 19.8. The summed E-state index contributed by atoms with van der Waals surface area (Å²) in [5.41, 5.74) is 10.1. The molecule has 2 heterocycles. The molecule has 0 radical (unpaired) electrons. The molecular weight excluding hydrogens is 562 g/mol. The first-order valence-corrected chi connectivity index (χ1v) is 14.3. The van der Waals surface area contributed by atoms with Crippen molar-refractivity contribution in [3.8, 4) is 0 Å². The van der Waals surface area contributed by atoms with E-state index in [1.54, 1.807) is 17.1 Å². The monoisotopic (exact) mass is 594 g/mol. The zero-order valence-corrected chi connectivity index (χ0v) is 24.2. The predicted octanol–water partition coefficient (Wildman–Crippen LogP) is 6.43.